The number of hydrogen-bond acceptors (Lipinski definition) is 4. The molecule has 0 radical (unpaired) electrons. The molecule has 33 heavy (non-hydrogen) atoms. The lowest BCUT2D eigenvalue weighted by Gasteiger charge is -2.16. The van der Waals surface area contributed by atoms with E-state index in [1.54, 1.807) is 18.3 Å². The fourth-order valence-corrected chi connectivity index (χ4v) is 4.52. The molecule has 0 N–H and O–H groups in total. The van der Waals surface area contributed by atoms with Crippen LogP contribution in [0.3, 0.4) is 0 Å². The van der Waals surface area contributed by atoms with Gasteiger partial charge in [-0.3, -0.25) is 9.78 Å². The van der Waals surface area contributed by atoms with Crippen molar-refractivity contribution in [2.75, 3.05) is 13.1 Å². The maximum absolute atomic E-state index is 13.0. The number of hydrogen-bond donors (Lipinski definition) is 0. The van der Waals surface area contributed by atoms with Crippen LogP contribution < -0.4 is 0 Å². The van der Waals surface area contributed by atoms with Gasteiger partial charge in [0.1, 0.15) is 6.54 Å². The summed E-state index contributed by atoms with van der Waals surface area (Å²) in [6, 6.07) is 5.32. The quantitative estimate of drug-likeness (QED) is 0.601. The second-order valence-corrected chi connectivity index (χ2v) is 8.79. The number of benzene rings is 1. The molecule has 168 valence electrons. The highest BCUT2D eigenvalue weighted by molar-refractivity contribution is 5.88. The molecule has 2 aromatic heterocycles. The molecular formula is C24H20F3N5O. The predicted molar refractivity (Wildman–Crippen MR) is 116 cm³/mol. The van der Waals surface area contributed by atoms with Crippen LogP contribution >= 0.6 is 0 Å². The van der Waals surface area contributed by atoms with Gasteiger partial charge in [0.05, 0.1) is 40.6 Å². The highest BCUT2D eigenvalue weighted by Gasteiger charge is 2.35. The molecule has 1 saturated carbocycles. The van der Waals surface area contributed by atoms with E-state index < -0.39 is 12.7 Å². The average molecular weight is 451 g/mol. The molecule has 0 atom stereocenters. The normalized spacial score (nSPS) is 18.0. The number of aromatic nitrogens is 4. The Morgan fingerprint density at radius 1 is 1.15 bits per heavy atom. The number of allylic oxidation sites excluding steroid dienone is 1. The van der Waals surface area contributed by atoms with Crippen LogP contribution in [0.5, 0.6) is 0 Å². The first-order valence-electron chi connectivity index (χ1n) is 10.9. The minimum atomic E-state index is -4.33. The Bertz CT molecular complexity index is 1350. The van der Waals surface area contributed by atoms with Gasteiger partial charge in [0.15, 0.2) is 0 Å². The molecule has 0 bridgehead atoms. The van der Waals surface area contributed by atoms with Gasteiger partial charge in [0.2, 0.25) is 5.91 Å². The van der Waals surface area contributed by atoms with E-state index in [0.717, 1.165) is 51.2 Å². The summed E-state index contributed by atoms with van der Waals surface area (Å²) in [6.07, 6.45) is 5.23. The molecule has 3 aliphatic rings. The number of carbonyl (C=O) groups excluding carboxylic acids is 1. The van der Waals surface area contributed by atoms with Crippen LogP contribution in [0.15, 0.2) is 42.9 Å². The zero-order valence-electron chi connectivity index (χ0n) is 17.6. The molecule has 6 nitrogen and oxygen atoms in total. The van der Waals surface area contributed by atoms with Crippen molar-refractivity contribution in [2.24, 2.45) is 5.92 Å². The number of halogens is 3. The molecule has 6 rings (SSSR count). The van der Waals surface area contributed by atoms with Gasteiger partial charge in [-0.1, -0.05) is 18.2 Å². The van der Waals surface area contributed by atoms with E-state index in [2.05, 4.69) is 9.97 Å². The Morgan fingerprint density at radius 2 is 2.00 bits per heavy atom. The summed E-state index contributed by atoms with van der Waals surface area (Å²) < 4.78 is 40.0. The second-order valence-electron chi connectivity index (χ2n) is 8.79. The van der Waals surface area contributed by atoms with Gasteiger partial charge in [-0.25, -0.2) is 9.97 Å². The fraction of sp³-hybridized carbons (Fsp3) is 0.333. The largest absolute Gasteiger partial charge is 0.406 e. The number of imidazole rings is 1. The lowest BCUT2D eigenvalue weighted by molar-refractivity contribution is -0.140. The summed E-state index contributed by atoms with van der Waals surface area (Å²) >= 11 is 0. The van der Waals surface area contributed by atoms with E-state index in [1.165, 1.54) is 6.33 Å². The van der Waals surface area contributed by atoms with Crippen molar-refractivity contribution in [1.29, 1.82) is 0 Å². The molecule has 1 aromatic carbocycles. The Morgan fingerprint density at radius 3 is 2.79 bits per heavy atom. The van der Waals surface area contributed by atoms with E-state index in [-0.39, 0.29) is 11.8 Å². The van der Waals surface area contributed by atoms with Crippen LogP contribution in [-0.4, -0.2) is 49.6 Å². The van der Waals surface area contributed by atoms with Crippen LogP contribution in [0.1, 0.15) is 35.5 Å². The maximum atomic E-state index is 13.0. The summed E-state index contributed by atoms with van der Waals surface area (Å²) in [7, 11) is 0. The average Bonchev–Trinajstić information content (AvgIpc) is 3.18. The van der Waals surface area contributed by atoms with Crippen molar-refractivity contribution in [3.8, 4) is 0 Å². The molecule has 2 aliphatic carbocycles. The van der Waals surface area contributed by atoms with Crippen molar-refractivity contribution >= 4 is 28.1 Å². The van der Waals surface area contributed by atoms with Crippen LogP contribution in [-0.2, 0) is 17.8 Å². The number of alkyl halides is 3. The van der Waals surface area contributed by atoms with E-state index in [4.69, 9.17) is 4.98 Å². The van der Waals surface area contributed by atoms with Crippen molar-refractivity contribution in [1.82, 2.24) is 24.4 Å². The smallest absolute Gasteiger partial charge is 0.334 e. The van der Waals surface area contributed by atoms with E-state index in [9.17, 15) is 18.0 Å². The standard InChI is InChI=1S/C24H20F3N5O/c25-24(26,27)12-32-13-29-18-5-3-15(9-21(18)32)17-4-6-19-22(17)30-20(10-28-19)16-7-8-31(11-16)23(33)14-1-2-14/h3-5,7,9-10,13-14H,1-2,6,8,11-12H2. The lowest BCUT2D eigenvalue weighted by atomic mass is 10.0. The molecule has 9 heteroatoms. The molecular weight excluding hydrogens is 431 g/mol. The first kappa shape index (κ1) is 20.1. The van der Waals surface area contributed by atoms with Crippen molar-refractivity contribution in [2.45, 2.75) is 32.0 Å². The minimum Gasteiger partial charge on any atom is -0.334 e. The van der Waals surface area contributed by atoms with E-state index in [0.29, 0.717) is 30.5 Å². The molecule has 1 fully saturated rings. The summed E-state index contributed by atoms with van der Waals surface area (Å²) in [6.45, 7) is 0.0349. The van der Waals surface area contributed by atoms with Crippen LogP contribution in [0.2, 0.25) is 0 Å². The Labute approximate surface area is 187 Å². The monoisotopic (exact) mass is 451 g/mol. The predicted octanol–water partition coefficient (Wildman–Crippen LogP) is 4.01. The third kappa shape index (κ3) is 3.71. The first-order chi connectivity index (χ1) is 15.9. The highest BCUT2D eigenvalue weighted by atomic mass is 19.4. The number of rotatable bonds is 4. The van der Waals surface area contributed by atoms with Crippen molar-refractivity contribution in [3.63, 3.8) is 0 Å². The third-order valence-electron chi connectivity index (χ3n) is 6.37. The molecule has 1 aliphatic heterocycles. The van der Waals surface area contributed by atoms with E-state index >= 15 is 0 Å². The van der Waals surface area contributed by atoms with Gasteiger partial charge >= 0.3 is 6.18 Å². The molecule has 3 aromatic rings. The van der Waals surface area contributed by atoms with Gasteiger partial charge in [-0.2, -0.15) is 13.2 Å². The van der Waals surface area contributed by atoms with Crippen LogP contribution in [0.4, 0.5) is 13.2 Å². The molecule has 0 spiro atoms. The van der Waals surface area contributed by atoms with Gasteiger partial charge in [-0.15, -0.1) is 0 Å². The molecule has 0 saturated heterocycles. The molecule has 1 amide bonds. The number of nitrogens with zero attached hydrogens (tertiary/aromatic N) is 5. The van der Waals surface area contributed by atoms with Gasteiger partial charge in [0.25, 0.3) is 0 Å². The third-order valence-corrected chi connectivity index (χ3v) is 6.37. The number of carbonyl (C=O) groups is 1. The Hall–Kier alpha value is -3.49. The van der Waals surface area contributed by atoms with Gasteiger partial charge < -0.3 is 9.47 Å². The zero-order valence-corrected chi connectivity index (χ0v) is 17.6. The second kappa shape index (κ2) is 7.26. The Kier molecular flexibility index (Phi) is 4.43. The van der Waals surface area contributed by atoms with E-state index in [1.807, 2.05) is 23.1 Å². The highest BCUT2D eigenvalue weighted by Crippen LogP contribution is 2.35. The summed E-state index contributed by atoms with van der Waals surface area (Å²) in [5, 5.41) is 0. The summed E-state index contributed by atoms with van der Waals surface area (Å²) in [5.74, 6) is 0.388. The van der Waals surface area contributed by atoms with Gasteiger partial charge in [0, 0.05) is 31.0 Å². The zero-order chi connectivity index (χ0) is 22.7. The van der Waals surface area contributed by atoms with Crippen molar-refractivity contribution in [3.05, 3.63) is 65.5 Å². The maximum Gasteiger partial charge on any atom is 0.406 e. The Balaban J connectivity index is 1.30. The lowest BCUT2D eigenvalue weighted by Crippen LogP contribution is -2.30. The molecule has 3 heterocycles. The summed E-state index contributed by atoms with van der Waals surface area (Å²) in [5.41, 5.74) is 5.85. The van der Waals surface area contributed by atoms with Gasteiger partial charge in [-0.05, 0) is 36.1 Å². The first-order valence-corrected chi connectivity index (χ1v) is 10.9. The van der Waals surface area contributed by atoms with Crippen LogP contribution in [0.25, 0.3) is 22.2 Å². The summed E-state index contributed by atoms with van der Waals surface area (Å²) in [4.78, 5) is 27.8. The fourth-order valence-electron chi connectivity index (χ4n) is 4.52. The minimum absolute atomic E-state index is 0.180. The number of amides is 1. The molecule has 0 unspecified atom stereocenters. The topological polar surface area (TPSA) is 63.9 Å². The van der Waals surface area contributed by atoms with Crippen LogP contribution in [0, 0.1) is 5.92 Å². The number of fused-ring (bicyclic) bond motifs is 2. The SMILES string of the molecule is O=C(C1CC1)N1CC=C(c2cnc3c(n2)C(c2ccc4ncn(CC(F)(F)F)c4c2)=CC3)C1. The van der Waals surface area contributed by atoms with Crippen molar-refractivity contribution < 1.29 is 18.0 Å².